The smallest absolute Gasteiger partial charge is 0.416 e. The molecule has 33 heavy (non-hydrogen) atoms. The van der Waals surface area contributed by atoms with Gasteiger partial charge in [0.15, 0.2) is 0 Å². The van der Waals surface area contributed by atoms with Gasteiger partial charge in [-0.1, -0.05) is 12.5 Å². The SMILES string of the molecule is C1CCNCC1.Nc1nnc(-c2ccc(C(F)(F)F)cc2NS(=O)[O-])c2c1C1CCC2CC1. The monoisotopic (exact) mass is 482 g/mol. The molecule has 1 saturated heterocycles. The lowest BCUT2D eigenvalue weighted by Crippen LogP contribution is -2.25. The number of benzene rings is 1. The van der Waals surface area contributed by atoms with E-state index < -0.39 is 23.0 Å². The Hall–Kier alpha value is -2.24. The zero-order valence-corrected chi connectivity index (χ0v) is 18.9. The number of hydrogen-bond donors (Lipinski definition) is 3. The van der Waals surface area contributed by atoms with Crippen LogP contribution >= 0.6 is 0 Å². The first kappa shape index (κ1) is 23.9. The first-order valence-electron chi connectivity index (χ1n) is 11.2. The lowest BCUT2D eigenvalue weighted by atomic mass is 9.66. The average molecular weight is 483 g/mol. The third-order valence-electron chi connectivity index (χ3n) is 6.63. The lowest BCUT2D eigenvalue weighted by molar-refractivity contribution is -0.137. The van der Waals surface area contributed by atoms with Crippen molar-refractivity contribution in [2.45, 2.75) is 63.0 Å². The minimum absolute atomic E-state index is 0.180. The minimum Gasteiger partial charge on any atom is -0.755 e. The Kier molecular flexibility index (Phi) is 7.20. The second-order valence-electron chi connectivity index (χ2n) is 8.72. The van der Waals surface area contributed by atoms with Crippen molar-refractivity contribution in [3.05, 3.63) is 34.9 Å². The van der Waals surface area contributed by atoms with Crippen molar-refractivity contribution in [1.29, 1.82) is 0 Å². The topological polar surface area (TPSA) is 116 Å². The fourth-order valence-electron chi connectivity index (χ4n) is 5.09. The molecule has 7 nitrogen and oxygen atoms in total. The standard InChI is InChI=1S/C17H17F3N4O2S.C5H11N/c18-17(19,20)10-5-6-11(12(7-10)24-27(25)26)15-13-8-1-3-9(4-2-8)14(13)16(21)23-22-15;1-2-4-6-5-3-1/h5-9,24H,1-4H2,(H2,21,23)(H,25,26);6H,1-5H2/p-1. The number of nitrogens with zero attached hydrogens (tertiary/aromatic N) is 2. The van der Waals surface area contributed by atoms with Gasteiger partial charge in [0.05, 0.1) is 16.9 Å². The molecule has 2 heterocycles. The molecular weight excluding hydrogens is 455 g/mol. The van der Waals surface area contributed by atoms with Crippen LogP contribution in [0.3, 0.4) is 0 Å². The van der Waals surface area contributed by atoms with Gasteiger partial charge < -0.3 is 20.3 Å². The number of halogens is 3. The zero-order valence-electron chi connectivity index (χ0n) is 18.1. The number of alkyl halides is 3. The molecular formula is C22H27F3N5O2S-. The summed E-state index contributed by atoms with van der Waals surface area (Å²) < 4.78 is 63.5. The van der Waals surface area contributed by atoms with E-state index in [4.69, 9.17) is 5.73 Å². The van der Waals surface area contributed by atoms with Gasteiger partial charge in [-0.3, -0.25) is 4.21 Å². The van der Waals surface area contributed by atoms with E-state index in [0.717, 1.165) is 48.9 Å². The average Bonchev–Trinajstić information content (AvgIpc) is 2.81. The zero-order chi connectivity index (χ0) is 23.6. The van der Waals surface area contributed by atoms with Crippen molar-refractivity contribution in [1.82, 2.24) is 15.5 Å². The summed E-state index contributed by atoms with van der Waals surface area (Å²) in [6.07, 6.45) is 3.52. The van der Waals surface area contributed by atoms with Crippen molar-refractivity contribution < 1.29 is 21.9 Å². The van der Waals surface area contributed by atoms with Gasteiger partial charge in [0.1, 0.15) is 5.82 Å². The van der Waals surface area contributed by atoms with Gasteiger partial charge in [0.25, 0.3) is 0 Å². The van der Waals surface area contributed by atoms with Crippen LogP contribution in [0.4, 0.5) is 24.7 Å². The third kappa shape index (κ3) is 5.30. The molecule has 4 N–H and O–H groups in total. The molecule has 1 aliphatic heterocycles. The van der Waals surface area contributed by atoms with Gasteiger partial charge in [-0.05, 0) is 81.1 Å². The molecule has 1 saturated carbocycles. The van der Waals surface area contributed by atoms with Crippen LogP contribution in [0.5, 0.6) is 0 Å². The maximum Gasteiger partial charge on any atom is 0.416 e. The molecule has 180 valence electrons. The molecule has 11 heteroatoms. The van der Waals surface area contributed by atoms with E-state index in [9.17, 15) is 21.9 Å². The van der Waals surface area contributed by atoms with E-state index in [1.807, 2.05) is 0 Å². The molecule has 6 rings (SSSR count). The maximum atomic E-state index is 13.1. The van der Waals surface area contributed by atoms with Crippen LogP contribution in [-0.4, -0.2) is 32.0 Å². The van der Waals surface area contributed by atoms with Gasteiger partial charge in [0, 0.05) is 22.4 Å². The number of nitrogens with two attached hydrogens (primary N) is 1. The quantitative estimate of drug-likeness (QED) is 0.556. The summed E-state index contributed by atoms with van der Waals surface area (Å²) in [6.45, 7) is 2.50. The first-order chi connectivity index (χ1) is 15.8. The highest BCUT2D eigenvalue weighted by Crippen LogP contribution is 2.53. The van der Waals surface area contributed by atoms with Gasteiger partial charge in [-0.2, -0.15) is 13.2 Å². The molecule has 2 fully saturated rings. The second kappa shape index (κ2) is 9.94. The van der Waals surface area contributed by atoms with Crippen molar-refractivity contribution in [3.8, 4) is 11.3 Å². The summed E-state index contributed by atoms with van der Waals surface area (Å²) >= 11 is -2.78. The lowest BCUT2D eigenvalue weighted by Gasteiger charge is -2.39. The molecule has 1 unspecified atom stereocenters. The Morgan fingerprint density at radius 3 is 2.18 bits per heavy atom. The van der Waals surface area contributed by atoms with E-state index >= 15 is 0 Å². The summed E-state index contributed by atoms with van der Waals surface area (Å²) in [7, 11) is 0. The van der Waals surface area contributed by atoms with Crippen LogP contribution in [0.15, 0.2) is 18.2 Å². The molecule has 0 amide bonds. The fraction of sp³-hybridized carbons (Fsp3) is 0.545. The number of hydrogen-bond acceptors (Lipinski definition) is 6. The minimum atomic E-state index is -4.59. The Bertz CT molecular complexity index is 1010. The number of nitrogens with one attached hydrogen (secondary N) is 2. The van der Waals surface area contributed by atoms with Crippen molar-refractivity contribution in [2.75, 3.05) is 23.5 Å². The Labute approximate surface area is 193 Å². The fourth-order valence-corrected chi connectivity index (χ4v) is 5.44. The van der Waals surface area contributed by atoms with Gasteiger partial charge in [0.2, 0.25) is 0 Å². The van der Waals surface area contributed by atoms with Crippen molar-refractivity contribution in [2.24, 2.45) is 0 Å². The van der Waals surface area contributed by atoms with E-state index in [2.05, 4.69) is 20.2 Å². The Balaban J connectivity index is 0.000000376. The predicted molar refractivity (Wildman–Crippen MR) is 120 cm³/mol. The highest BCUT2D eigenvalue weighted by molar-refractivity contribution is 7.80. The van der Waals surface area contributed by atoms with Crippen molar-refractivity contribution in [3.63, 3.8) is 0 Å². The summed E-state index contributed by atoms with van der Waals surface area (Å²) in [5, 5.41) is 11.4. The Morgan fingerprint density at radius 1 is 1.03 bits per heavy atom. The van der Waals surface area contributed by atoms with Gasteiger partial charge in [-0.25, -0.2) is 0 Å². The van der Waals surface area contributed by atoms with E-state index in [1.54, 1.807) is 0 Å². The van der Waals surface area contributed by atoms with E-state index in [1.165, 1.54) is 38.4 Å². The summed E-state index contributed by atoms with van der Waals surface area (Å²) in [6, 6.07) is 2.93. The third-order valence-corrected chi connectivity index (χ3v) is 7.01. The molecule has 0 radical (unpaired) electrons. The highest BCUT2D eigenvalue weighted by Gasteiger charge is 2.38. The summed E-state index contributed by atoms with van der Waals surface area (Å²) in [5.74, 6) is 0.807. The molecule has 1 atom stereocenters. The molecule has 2 bridgehead atoms. The summed E-state index contributed by atoms with van der Waals surface area (Å²) in [4.78, 5) is 0. The van der Waals surface area contributed by atoms with Crippen LogP contribution in [0.25, 0.3) is 11.3 Å². The van der Waals surface area contributed by atoms with Crippen molar-refractivity contribution >= 4 is 22.8 Å². The van der Waals surface area contributed by atoms with E-state index in [0.29, 0.717) is 11.5 Å². The Morgan fingerprint density at radius 2 is 1.67 bits per heavy atom. The number of aromatic nitrogens is 2. The predicted octanol–water partition coefficient (Wildman–Crippen LogP) is 4.47. The number of piperidine rings is 1. The molecule has 0 spiro atoms. The van der Waals surface area contributed by atoms with Crippen LogP contribution in [0, 0.1) is 0 Å². The number of nitrogen functional groups attached to an aromatic ring is 1. The molecule has 4 aliphatic rings. The maximum absolute atomic E-state index is 13.1. The van der Waals surface area contributed by atoms with Crippen LogP contribution in [-0.2, 0) is 17.4 Å². The highest BCUT2D eigenvalue weighted by atomic mass is 32.2. The molecule has 1 aromatic carbocycles. The largest absolute Gasteiger partial charge is 0.755 e. The number of rotatable bonds is 3. The van der Waals surface area contributed by atoms with Gasteiger partial charge >= 0.3 is 6.18 Å². The second-order valence-corrected chi connectivity index (χ2v) is 9.39. The van der Waals surface area contributed by atoms with E-state index in [-0.39, 0.29) is 23.1 Å². The van der Waals surface area contributed by atoms with Crippen LogP contribution in [0.1, 0.15) is 73.5 Å². The number of anilines is 2. The van der Waals surface area contributed by atoms with Crippen LogP contribution < -0.4 is 15.8 Å². The molecule has 3 aliphatic carbocycles. The normalized spacial score (nSPS) is 22.7. The number of fused-ring (bicyclic) bond motifs is 2. The molecule has 2 aromatic rings. The first-order valence-corrected chi connectivity index (χ1v) is 12.3. The van der Waals surface area contributed by atoms with Gasteiger partial charge in [-0.15, -0.1) is 10.2 Å². The molecule has 1 aromatic heterocycles. The summed E-state index contributed by atoms with van der Waals surface area (Å²) in [5.41, 5.74) is 7.38. The van der Waals surface area contributed by atoms with Crippen LogP contribution in [0.2, 0.25) is 0 Å².